The Bertz CT molecular complexity index is 386. The summed E-state index contributed by atoms with van der Waals surface area (Å²) in [5.41, 5.74) is 0. The van der Waals surface area contributed by atoms with Crippen LogP contribution in [-0.2, 0) is 14.3 Å². The highest BCUT2D eigenvalue weighted by Crippen LogP contribution is 2.18. The number of aliphatic carboxylic acids is 1. The SMILES string of the molecule is CCCCC(NC(=O)N1CCCCC1C(=O)OC)C(=O)O. The van der Waals surface area contributed by atoms with Crippen molar-refractivity contribution < 1.29 is 24.2 Å². The van der Waals surface area contributed by atoms with Crippen LogP contribution in [0.15, 0.2) is 0 Å². The molecule has 0 radical (unpaired) electrons. The number of rotatable bonds is 6. The zero-order valence-electron chi connectivity index (χ0n) is 12.6. The number of carboxylic acids is 1. The topological polar surface area (TPSA) is 95.9 Å². The Hall–Kier alpha value is -1.79. The minimum atomic E-state index is -1.05. The third kappa shape index (κ3) is 4.91. The first-order chi connectivity index (χ1) is 10.0. The maximum atomic E-state index is 12.3. The molecule has 7 heteroatoms. The van der Waals surface area contributed by atoms with Crippen LogP contribution < -0.4 is 5.32 Å². The van der Waals surface area contributed by atoms with Gasteiger partial charge in [0.25, 0.3) is 0 Å². The number of hydrogen-bond acceptors (Lipinski definition) is 4. The first-order valence-corrected chi connectivity index (χ1v) is 7.39. The Morgan fingerprint density at radius 2 is 2.10 bits per heavy atom. The Morgan fingerprint density at radius 3 is 2.67 bits per heavy atom. The Labute approximate surface area is 124 Å². The van der Waals surface area contributed by atoms with Crippen molar-refractivity contribution >= 4 is 18.0 Å². The molecule has 1 saturated heterocycles. The highest BCUT2D eigenvalue weighted by molar-refractivity contribution is 5.86. The Balaban J connectivity index is 2.69. The highest BCUT2D eigenvalue weighted by atomic mass is 16.5. The number of unbranched alkanes of at least 4 members (excludes halogenated alkanes) is 1. The van der Waals surface area contributed by atoms with Gasteiger partial charge in [-0.1, -0.05) is 19.8 Å². The molecule has 0 bridgehead atoms. The normalized spacial score (nSPS) is 19.7. The zero-order valence-corrected chi connectivity index (χ0v) is 12.6. The monoisotopic (exact) mass is 300 g/mol. The van der Waals surface area contributed by atoms with Crippen LogP contribution >= 0.6 is 0 Å². The van der Waals surface area contributed by atoms with Crippen molar-refractivity contribution in [2.75, 3.05) is 13.7 Å². The van der Waals surface area contributed by atoms with Crippen molar-refractivity contribution in [2.24, 2.45) is 0 Å². The number of nitrogens with one attached hydrogen (secondary N) is 1. The molecule has 0 aliphatic carbocycles. The van der Waals surface area contributed by atoms with Crippen LogP contribution in [0.2, 0.25) is 0 Å². The fraction of sp³-hybridized carbons (Fsp3) is 0.786. The molecule has 0 aromatic carbocycles. The maximum absolute atomic E-state index is 12.3. The van der Waals surface area contributed by atoms with Gasteiger partial charge in [-0.25, -0.2) is 14.4 Å². The number of carboxylic acid groups (broad SMARTS) is 1. The standard InChI is InChI=1S/C14H24N2O5/c1-3-4-7-10(12(17)18)15-14(20)16-9-6-5-8-11(16)13(19)21-2/h10-11H,3-9H2,1-2H3,(H,15,20)(H,17,18). The van der Waals surface area contributed by atoms with Crippen LogP contribution in [0.5, 0.6) is 0 Å². The molecule has 1 rings (SSSR count). The molecule has 1 fully saturated rings. The first kappa shape index (κ1) is 17.3. The van der Waals surface area contributed by atoms with Gasteiger partial charge in [0.05, 0.1) is 7.11 Å². The lowest BCUT2D eigenvalue weighted by molar-refractivity contribution is -0.146. The molecule has 1 aliphatic heterocycles. The molecule has 120 valence electrons. The molecular formula is C14H24N2O5. The number of carbonyl (C=O) groups is 3. The molecule has 2 amide bonds. The summed E-state index contributed by atoms with van der Waals surface area (Å²) in [6.45, 7) is 2.39. The third-order valence-corrected chi connectivity index (χ3v) is 3.68. The minimum Gasteiger partial charge on any atom is -0.480 e. The number of methoxy groups -OCH3 is 1. The van der Waals surface area contributed by atoms with E-state index in [1.54, 1.807) is 0 Å². The van der Waals surface area contributed by atoms with Crippen molar-refractivity contribution in [3.63, 3.8) is 0 Å². The van der Waals surface area contributed by atoms with Crippen LogP contribution in [-0.4, -0.2) is 53.7 Å². The fourth-order valence-corrected chi connectivity index (χ4v) is 2.45. The van der Waals surface area contributed by atoms with E-state index in [1.165, 1.54) is 12.0 Å². The molecule has 1 aliphatic rings. The first-order valence-electron chi connectivity index (χ1n) is 7.39. The van der Waals surface area contributed by atoms with Gasteiger partial charge in [0, 0.05) is 6.54 Å². The molecule has 7 nitrogen and oxygen atoms in total. The van der Waals surface area contributed by atoms with E-state index in [9.17, 15) is 14.4 Å². The summed E-state index contributed by atoms with van der Waals surface area (Å²) < 4.78 is 4.71. The molecule has 1 heterocycles. The molecule has 0 aromatic heterocycles. The van der Waals surface area contributed by atoms with Gasteiger partial charge in [0.2, 0.25) is 0 Å². The molecular weight excluding hydrogens is 276 g/mol. The molecule has 0 aromatic rings. The van der Waals surface area contributed by atoms with Crippen LogP contribution in [0, 0.1) is 0 Å². The van der Waals surface area contributed by atoms with E-state index >= 15 is 0 Å². The lowest BCUT2D eigenvalue weighted by atomic mass is 10.0. The number of nitrogens with zero attached hydrogens (tertiary/aromatic N) is 1. The zero-order chi connectivity index (χ0) is 15.8. The number of esters is 1. The summed E-state index contributed by atoms with van der Waals surface area (Å²) in [6.07, 6.45) is 4.16. The fourth-order valence-electron chi connectivity index (χ4n) is 2.45. The summed E-state index contributed by atoms with van der Waals surface area (Å²) in [5.74, 6) is -1.51. The summed E-state index contributed by atoms with van der Waals surface area (Å²) in [6, 6.07) is -2.05. The number of urea groups is 1. The Kier molecular flexibility index (Phi) is 6.98. The second-order valence-corrected chi connectivity index (χ2v) is 5.21. The predicted molar refractivity (Wildman–Crippen MR) is 75.8 cm³/mol. The van der Waals surface area contributed by atoms with Crippen molar-refractivity contribution in [1.29, 1.82) is 0 Å². The average molecular weight is 300 g/mol. The third-order valence-electron chi connectivity index (χ3n) is 3.68. The van der Waals surface area contributed by atoms with Crippen molar-refractivity contribution in [1.82, 2.24) is 10.2 Å². The molecule has 2 unspecified atom stereocenters. The smallest absolute Gasteiger partial charge is 0.328 e. The summed E-state index contributed by atoms with van der Waals surface area (Å²) in [4.78, 5) is 36.5. The van der Waals surface area contributed by atoms with Gasteiger partial charge in [-0.2, -0.15) is 0 Å². The largest absolute Gasteiger partial charge is 0.480 e. The summed E-state index contributed by atoms with van der Waals surface area (Å²) in [7, 11) is 1.29. The number of likely N-dealkylation sites (tertiary alicyclic amines) is 1. The molecule has 2 N–H and O–H groups in total. The van der Waals surface area contributed by atoms with Crippen LogP contribution in [0.3, 0.4) is 0 Å². The lowest BCUT2D eigenvalue weighted by Crippen LogP contribution is -2.55. The highest BCUT2D eigenvalue weighted by Gasteiger charge is 2.34. The van der Waals surface area contributed by atoms with Crippen LogP contribution in [0.4, 0.5) is 4.79 Å². The molecule has 2 atom stereocenters. The van der Waals surface area contributed by atoms with Gasteiger partial charge < -0.3 is 20.1 Å². The molecule has 0 saturated carbocycles. The number of carbonyl (C=O) groups excluding carboxylic acids is 2. The van der Waals surface area contributed by atoms with Gasteiger partial charge >= 0.3 is 18.0 Å². The van der Waals surface area contributed by atoms with E-state index in [0.717, 1.165) is 25.7 Å². The second kappa shape index (κ2) is 8.49. The Morgan fingerprint density at radius 1 is 1.38 bits per heavy atom. The van der Waals surface area contributed by atoms with Crippen molar-refractivity contribution in [3.05, 3.63) is 0 Å². The van der Waals surface area contributed by atoms with Gasteiger partial charge in [-0.05, 0) is 25.7 Å². The molecule has 0 spiro atoms. The van der Waals surface area contributed by atoms with E-state index in [1.807, 2.05) is 6.92 Å². The van der Waals surface area contributed by atoms with Gasteiger partial charge in [0.1, 0.15) is 12.1 Å². The number of ether oxygens (including phenoxy) is 1. The van der Waals surface area contributed by atoms with E-state index < -0.39 is 30.1 Å². The van der Waals surface area contributed by atoms with E-state index in [0.29, 0.717) is 19.4 Å². The number of hydrogen-bond donors (Lipinski definition) is 2. The number of piperidine rings is 1. The summed E-state index contributed by atoms with van der Waals surface area (Å²) >= 11 is 0. The maximum Gasteiger partial charge on any atom is 0.328 e. The number of amides is 2. The lowest BCUT2D eigenvalue weighted by Gasteiger charge is -2.34. The van der Waals surface area contributed by atoms with Crippen LogP contribution in [0.25, 0.3) is 0 Å². The second-order valence-electron chi connectivity index (χ2n) is 5.21. The van der Waals surface area contributed by atoms with E-state index in [2.05, 4.69) is 5.32 Å². The van der Waals surface area contributed by atoms with E-state index in [4.69, 9.17) is 9.84 Å². The van der Waals surface area contributed by atoms with Crippen molar-refractivity contribution in [3.8, 4) is 0 Å². The van der Waals surface area contributed by atoms with Crippen LogP contribution in [0.1, 0.15) is 45.4 Å². The van der Waals surface area contributed by atoms with Gasteiger partial charge in [0.15, 0.2) is 0 Å². The van der Waals surface area contributed by atoms with Crippen molar-refractivity contribution in [2.45, 2.75) is 57.5 Å². The predicted octanol–water partition coefficient (Wildman–Crippen LogP) is 1.37. The molecule has 21 heavy (non-hydrogen) atoms. The van der Waals surface area contributed by atoms with Gasteiger partial charge in [-0.3, -0.25) is 0 Å². The summed E-state index contributed by atoms with van der Waals surface area (Å²) in [5, 5.41) is 11.7. The van der Waals surface area contributed by atoms with E-state index in [-0.39, 0.29) is 0 Å². The van der Waals surface area contributed by atoms with Gasteiger partial charge in [-0.15, -0.1) is 0 Å². The average Bonchev–Trinajstić information content (AvgIpc) is 2.50. The quantitative estimate of drug-likeness (QED) is 0.722. The minimum absolute atomic E-state index is 0.383.